The second-order valence-electron chi connectivity index (χ2n) is 9.00. The number of carbonyl (C=O) groups is 2. The average molecular weight is 590 g/mol. The molecule has 4 rings (SSSR count). The van der Waals surface area contributed by atoms with Crippen LogP contribution in [0.25, 0.3) is 0 Å². The molecule has 2 N–H and O–H groups in total. The zero-order valence-corrected chi connectivity index (χ0v) is 24.4. The predicted molar refractivity (Wildman–Crippen MR) is 163 cm³/mol. The summed E-state index contributed by atoms with van der Waals surface area (Å²) in [4.78, 5) is 32.6. The fourth-order valence-electron chi connectivity index (χ4n) is 3.42. The molecule has 2 atom stereocenters. The van der Waals surface area contributed by atoms with E-state index < -0.39 is 0 Å². The van der Waals surface area contributed by atoms with Gasteiger partial charge in [0.2, 0.25) is 11.8 Å². The zero-order chi connectivity index (χ0) is 27.7. The standard InChI is InChI=1S/2C14H15ClN2OS/c2*1-9(2)8-19-14-16-12(7-13(18)17-14)10-3-5-11(15)6-4-10/h2*3-6,12H,1,7-8H2,2H3,(H,16,17,18)/t2*12-/m10/s1. The Hall–Kier alpha value is -2.52. The zero-order valence-electron chi connectivity index (χ0n) is 21.3. The number of thioether (sulfide) groups is 2. The lowest BCUT2D eigenvalue weighted by Gasteiger charge is -2.20. The second kappa shape index (κ2) is 14.6. The van der Waals surface area contributed by atoms with Crippen LogP contribution in [0.1, 0.15) is 49.9 Å². The summed E-state index contributed by atoms with van der Waals surface area (Å²) >= 11 is 14.7. The van der Waals surface area contributed by atoms with Gasteiger partial charge in [-0.15, -0.1) is 0 Å². The van der Waals surface area contributed by atoms with E-state index in [0.717, 1.165) is 33.8 Å². The Kier molecular flexibility index (Phi) is 11.5. The van der Waals surface area contributed by atoms with Crippen molar-refractivity contribution in [3.63, 3.8) is 0 Å². The molecule has 2 amide bonds. The van der Waals surface area contributed by atoms with Crippen molar-refractivity contribution < 1.29 is 9.59 Å². The van der Waals surface area contributed by atoms with Gasteiger partial charge in [0.05, 0.1) is 24.9 Å². The smallest absolute Gasteiger partial charge is 0.228 e. The van der Waals surface area contributed by atoms with E-state index in [1.807, 2.05) is 62.4 Å². The monoisotopic (exact) mass is 588 g/mol. The molecule has 10 heteroatoms. The molecule has 2 aromatic carbocycles. The lowest BCUT2D eigenvalue weighted by atomic mass is 10.0. The molecule has 0 saturated carbocycles. The molecule has 0 radical (unpaired) electrons. The van der Waals surface area contributed by atoms with Gasteiger partial charge in [0.25, 0.3) is 0 Å². The molecule has 0 unspecified atom stereocenters. The molecule has 6 nitrogen and oxygen atoms in total. The molecule has 2 aliphatic heterocycles. The van der Waals surface area contributed by atoms with Gasteiger partial charge < -0.3 is 10.6 Å². The predicted octanol–water partition coefficient (Wildman–Crippen LogP) is 7.13. The Morgan fingerprint density at radius 3 is 1.42 bits per heavy atom. The third-order valence-electron chi connectivity index (χ3n) is 5.22. The SMILES string of the molecule is C=C(C)CSC1=N[C@@H](c2ccc(Cl)cc2)CC(=O)N1.C=C(C)CSC1=N[C@H](c2ccc(Cl)cc2)CC(=O)N1. The molecule has 2 aliphatic rings. The maximum atomic E-state index is 11.7. The summed E-state index contributed by atoms with van der Waals surface area (Å²) in [5, 5.41) is 8.28. The Balaban J connectivity index is 0.000000211. The van der Waals surface area contributed by atoms with Crippen molar-refractivity contribution in [1.29, 1.82) is 0 Å². The molecule has 2 aromatic rings. The van der Waals surface area contributed by atoms with Gasteiger partial charge in [0.15, 0.2) is 10.3 Å². The lowest BCUT2D eigenvalue weighted by molar-refractivity contribution is -0.121. The van der Waals surface area contributed by atoms with Crippen LogP contribution in [-0.2, 0) is 9.59 Å². The third-order valence-corrected chi connectivity index (χ3v) is 7.96. The molecule has 0 fully saturated rings. The molecule has 0 saturated heterocycles. The van der Waals surface area contributed by atoms with E-state index >= 15 is 0 Å². The number of hydrogen-bond acceptors (Lipinski definition) is 6. The van der Waals surface area contributed by atoms with Crippen molar-refractivity contribution >= 4 is 68.9 Å². The van der Waals surface area contributed by atoms with Gasteiger partial charge in [0, 0.05) is 21.6 Å². The maximum Gasteiger partial charge on any atom is 0.228 e. The van der Waals surface area contributed by atoms with Crippen molar-refractivity contribution in [3.8, 4) is 0 Å². The Bertz CT molecular complexity index is 1150. The number of nitrogens with zero attached hydrogens (tertiary/aromatic N) is 2. The van der Waals surface area contributed by atoms with Crippen LogP contribution in [0, 0.1) is 0 Å². The summed E-state index contributed by atoms with van der Waals surface area (Å²) in [7, 11) is 0. The summed E-state index contributed by atoms with van der Waals surface area (Å²) in [6.45, 7) is 11.6. The van der Waals surface area contributed by atoms with E-state index in [2.05, 4.69) is 33.8 Å². The molecule has 2 heterocycles. The van der Waals surface area contributed by atoms with Crippen LogP contribution in [0.4, 0.5) is 0 Å². The summed E-state index contributed by atoms with van der Waals surface area (Å²) < 4.78 is 0. The van der Waals surface area contributed by atoms with E-state index in [-0.39, 0.29) is 23.9 Å². The maximum absolute atomic E-state index is 11.7. The summed E-state index contributed by atoms with van der Waals surface area (Å²) in [6, 6.07) is 14.7. The van der Waals surface area contributed by atoms with E-state index in [1.165, 1.54) is 23.5 Å². The van der Waals surface area contributed by atoms with Crippen LogP contribution >= 0.6 is 46.7 Å². The molecule has 0 aliphatic carbocycles. The minimum atomic E-state index is -0.126. The van der Waals surface area contributed by atoms with Gasteiger partial charge in [-0.25, -0.2) is 0 Å². The number of halogens is 2. The largest absolute Gasteiger partial charge is 0.305 e. The van der Waals surface area contributed by atoms with E-state index in [0.29, 0.717) is 33.2 Å². The third kappa shape index (κ3) is 9.98. The number of rotatable bonds is 6. The lowest BCUT2D eigenvalue weighted by Crippen LogP contribution is -2.34. The molecule has 0 bridgehead atoms. The van der Waals surface area contributed by atoms with Gasteiger partial charge in [-0.1, -0.05) is 95.3 Å². The van der Waals surface area contributed by atoms with E-state index in [4.69, 9.17) is 23.2 Å². The van der Waals surface area contributed by atoms with E-state index in [9.17, 15) is 9.59 Å². The summed E-state index contributed by atoms with van der Waals surface area (Å²) in [5.74, 6) is 1.51. The van der Waals surface area contributed by atoms with Gasteiger partial charge in [-0.2, -0.15) is 0 Å². The van der Waals surface area contributed by atoms with Gasteiger partial charge >= 0.3 is 0 Å². The van der Waals surface area contributed by atoms with Gasteiger partial charge in [-0.05, 0) is 49.2 Å². The molecular weight excluding hydrogens is 559 g/mol. The van der Waals surface area contributed by atoms with Crippen LogP contribution in [0.5, 0.6) is 0 Å². The second-order valence-corrected chi connectivity index (χ2v) is 11.8. The Morgan fingerprint density at radius 1 is 0.763 bits per heavy atom. The fourth-order valence-corrected chi connectivity index (χ4v) is 5.21. The van der Waals surface area contributed by atoms with Crippen molar-refractivity contribution in [1.82, 2.24) is 10.6 Å². The van der Waals surface area contributed by atoms with Gasteiger partial charge in [-0.3, -0.25) is 19.6 Å². The first-order valence-corrected chi connectivity index (χ1v) is 14.6. The van der Waals surface area contributed by atoms with Crippen molar-refractivity contribution in [3.05, 3.63) is 94.0 Å². The fraction of sp³-hybridized carbons (Fsp3) is 0.286. The highest BCUT2D eigenvalue weighted by molar-refractivity contribution is 8.14. The molecule has 200 valence electrons. The molecule has 38 heavy (non-hydrogen) atoms. The number of amides is 2. The van der Waals surface area contributed by atoms with E-state index in [1.54, 1.807) is 0 Å². The first-order chi connectivity index (χ1) is 18.1. The highest BCUT2D eigenvalue weighted by atomic mass is 35.5. The highest BCUT2D eigenvalue weighted by Crippen LogP contribution is 2.28. The first-order valence-electron chi connectivity index (χ1n) is 11.9. The van der Waals surface area contributed by atoms with Crippen molar-refractivity contribution in [2.45, 2.75) is 38.8 Å². The topological polar surface area (TPSA) is 82.9 Å². The first kappa shape index (κ1) is 30.0. The van der Waals surface area contributed by atoms with Gasteiger partial charge in [0.1, 0.15) is 0 Å². The number of hydrogen-bond donors (Lipinski definition) is 2. The number of benzene rings is 2. The minimum Gasteiger partial charge on any atom is -0.305 e. The summed E-state index contributed by atoms with van der Waals surface area (Å²) in [5.41, 5.74) is 4.12. The minimum absolute atomic E-state index is 0.000773. The van der Waals surface area contributed by atoms with Crippen LogP contribution in [0.3, 0.4) is 0 Å². The Morgan fingerprint density at radius 2 is 1.11 bits per heavy atom. The molecular formula is C28H30Cl2N4O2S2. The van der Waals surface area contributed by atoms with Crippen LogP contribution in [0.2, 0.25) is 10.0 Å². The quantitative estimate of drug-likeness (QED) is 0.351. The van der Waals surface area contributed by atoms with Crippen molar-refractivity contribution in [2.24, 2.45) is 9.98 Å². The summed E-state index contributed by atoms with van der Waals surface area (Å²) in [6.07, 6.45) is 0.748. The highest BCUT2D eigenvalue weighted by Gasteiger charge is 2.23. The normalized spacial score (nSPS) is 18.7. The number of amidine groups is 2. The van der Waals surface area contributed by atoms with Crippen LogP contribution in [-0.4, -0.2) is 33.7 Å². The molecule has 0 spiro atoms. The number of nitrogens with one attached hydrogen (secondary N) is 2. The number of carbonyl (C=O) groups excluding carboxylic acids is 2. The van der Waals surface area contributed by atoms with Crippen LogP contribution in [0.15, 0.2) is 82.8 Å². The number of aliphatic imine (C=N–C) groups is 2. The molecule has 0 aromatic heterocycles. The average Bonchev–Trinajstić information content (AvgIpc) is 2.87. The van der Waals surface area contributed by atoms with Crippen LogP contribution < -0.4 is 10.6 Å². The van der Waals surface area contributed by atoms with Crippen molar-refractivity contribution in [2.75, 3.05) is 11.5 Å². The Labute approximate surface area is 242 Å².